The molecule has 2 aromatic carbocycles. The van der Waals surface area contributed by atoms with Crippen LogP contribution in [0.15, 0.2) is 60.7 Å². The van der Waals surface area contributed by atoms with Gasteiger partial charge in [-0.05, 0) is 62.2 Å². The van der Waals surface area contributed by atoms with Gasteiger partial charge in [-0.15, -0.1) is 0 Å². The molecular formula is C20H30OSi2. The van der Waals surface area contributed by atoms with E-state index in [1.54, 1.807) is 0 Å². The molecule has 0 heterocycles. The van der Waals surface area contributed by atoms with Gasteiger partial charge in [-0.25, -0.2) is 0 Å². The summed E-state index contributed by atoms with van der Waals surface area (Å²) in [5.41, 5.74) is 2.86. The van der Waals surface area contributed by atoms with Crippen LogP contribution >= 0.6 is 0 Å². The molecule has 0 spiro atoms. The van der Waals surface area contributed by atoms with Gasteiger partial charge in [-0.3, -0.25) is 0 Å². The highest BCUT2D eigenvalue weighted by molar-refractivity contribution is 6.84. The summed E-state index contributed by atoms with van der Waals surface area (Å²) in [5, 5.41) is 0. The number of benzene rings is 2. The van der Waals surface area contributed by atoms with Crippen LogP contribution in [0.1, 0.15) is 11.1 Å². The van der Waals surface area contributed by atoms with Crippen molar-refractivity contribution in [2.75, 3.05) is 0 Å². The molecule has 23 heavy (non-hydrogen) atoms. The van der Waals surface area contributed by atoms with Crippen molar-refractivity contribution in [1.82, 2.24) is 0 Å². The molecule has 0 saturated heterocycles. The van der Waals surface area contributed by atoms with E-state index in [9.17, 15) is 0 Å². The van der Waals surface area contributed by atoms with Crippen LogP contribution in [0.3, 0.4) is 0 Å². The summed E-state index contributed by atoms with van der Waals surface area (Å²) in [6, 6.07) is 24.0. The Morgan fingerprint density at radius 2 is 0.957 bits per heavy atom. The molecule has 3 heteroatoms. The van der Waals surface area contributed by atoms with Crippen molar-refractivity contribution in [1.29, 1.82) is 0 Å². The molecule has 0 amide bonds. The average Bonchev–Trinajstić information content (AvgIpc) is 2.52. The maximum Gasteiger partial charge on any atom is 0.173 e. The van der Waals surface area contributed by atoms with Crippen molar-refractivity contribution in [3.63, 3.8) is 0 Å². The lowest BCUT2D eigenvalue weighted by Gasteiger charge is -2.34. The third kappa shape index (κ3) is 6.85. The molecular weight excluding hydrogens is 312 g/mol. The fourth-order valence-corrected chi connectivity index (χ4v) is 11.6. The topological polar surface area (TPSA) is 9.23 Å². The normalized spacial score (nSPS) is 12.3. The second-order valence-corrected chi connectivity index (χ2v) is 16.4. The Balaban J connectivity index is 1.84. The first-order chi connectivity index (χ1) is 10.9. The van der Waals surface area contributed by atoms with Gasteiger partial charge >= 0.3 is 0 Å². The van der Waals surface area contributed by atoms with Crippen molar-refractivity contribution in [2.24, 2.45) is 0 Å². The van der Waals surface area contributed by atoms with E-state index in [1.165, 1.54) is 23.2 Å². The first-order valence-electron chi connectivity index (χ1n) is 8.64. The molecule has 0 aliphatic rings. The molecule has 2 rings (SSSR count). The Morgan fingerprint density at radius 1 is 0.609 bits per heavy atom. The summed E-state index contributed by atoms with van der Waals surface area (Å²) in [6.07, 6.45) is 2.28. The zero-order valence-corrected chi connectivity index (χ0v) is 17.0. The van der Waals surface area contributed by atoms with Crippen LogP contribution in [-0.2, 0) is 17.0 Å². The van der Waals surface area contributed by atoms with E-state index in [0.717, 1.165) is 12.8 Å². The van der Waals surface area contributed by atoms with E-state index in [0.29, 0.717) is 0 Å². The molecule has 0 radical (unpaired) electrons. The molecule has 0 atom stereocenters. The van der Waals surface area contributed by atoms with Crippen LogP contribution in [0, 0.1) is 0 Å². The minimum absolute atomic E-state index is 1.14. The van der Waals surface area contributed by atoms with Gasteiger partial charge < -0.3 is 4.12 Å². The molecule has 1 nitrogen and oxygen atoms in total. The molecule has 0 N–H and O–H groups in total. The first-order valence-corrected chi connectivity index (χ1v) is 14.9. The molecule has 2 aromatic rings. The average molecular weight is 343 g/mol. The zero-order valence-electron chi connectivity index (χ0n) is 15.0. The number of rotatable bonds is 8. The highest BCUT2D eigenvalue weighted by Gasteiger charge is 2.32. The van der Waals surface area contributed by atoms with Crippen LogP contribution in [0.2, 0.25) is 38.3 Å². The number of hydrogen-bond donors (Lipinski definition) is 0. The van der Waals surface area contributed by atoms with Gasteiger partial charge in [0.05, 0.1) is 0 Å². The SMILES string of the molecule is C[Si](C)(CCc1ccccc1)O[Si](C)(C)CCc1ccccc1. The lowest BCUT2D eigenvalue weighted by molar-refractivity contribution is 0.536. The van der Waals surface area contributed by atoms with Gasteiger partial charge in [0.1, 0.15) is 0 Å². The number of hydrogen-bond acceptors (Lipinski definition) is 1. The Labute approximate surface area is 144 Å². The van der Waals surface area contributed by atoms with E-state index >= 15 is 0 Å². The molecule has 0 fully saturated rings. The first kappa shape index (κ1) is 18.2. The van der Waals surface area contributed by atoms with E-state index < -0.39 is 16.6 Å². The van der Waals surface area contributed by atoms with Crippen molar-refractivity contribution in [2.45, 2.75) is 51.1 Å². The van der Waals surface area contributed by atoms with Crippen molar-refractivity contribution < 1.29 is 4.12 Å². The smallest absolute Gasteiger partial charge is 0.173 e. The third-order valence-corrected chi connectivity index (χ3v) is 11.6. The quantitative estimate of drug-likeness (QED) is 0.543. The van der Waals surface area contributed by atoms with Crippen molar-refractivity contribution in [3.8, 4) is 0 Å². The molecule has 0 aliphatic carbocycles. The van der Waals surface area contributed by atoms with E-state index in [2.05, 4.69) is 86.9 Å². The predicted octanol–water partition coefficient (Wildman–Crippen LogP) is 5.90. The molecule has 0 aromatic heterocycles. The van der Waals surface area contributed by atoms with Crippen LogP contribution in [0.25, 0.3) is 0 Å². The van der Waals surface area contributed by atoms with Gasteiger partial charge in [-0.2, -0.15) is 0 Å². The van der Waals surface area contributed by atoms with E-state index in [4.69, 9.17) is 4.12 Å². The second-order valence-electron chi connectivity index (χ2n) is 7.59. The predicted molar refractivity (Wildman–Crippen MR) is 106 cm³/mol. The highest BCUT2D eigenvalue weighted by Crippen LogP contribution is 2.24. The molecule has 0 unspecified atom stereocenters. The van der Waals surface area contributed by atoms with Crippen LogP contribution in [0.4, 0.5) is 0 Å². The minimum atomic E-state index is -1.60. The summed E-state index contributed by atoms with van der Waals surface area (Å²) in [6.45, 7) is 9.53. The minimum Gasteiger partial charge on any atom is -0.455 e. The largest absolute Gasteiger partial charge is 0.455 e. The molecule has 0 aliphatic heterocycles. The summed E-state index contributed by atoms with van der Waals surface area (Å²) in [7, 11) is -3.20. The molecule has 124 valence electrons. The van der Waals surface area contributed by atoms with Gasteiger partial charge in [0, 0.05) is 0 Å². The van der Waals surface area contributed by atoms with Crippen molar-refractivity contribution >= 4 is 16.6 Å². The van der Waals surface area contributed by atoms with E-state index in [-0.39, 0.29) is 0 Å². The Morgan fingerprint density at radius 3 is 1.30 bits per heavy atom. The summed E-state index contributed by atoms with van der Waals surface area (Å²) < 4.78 is 6.75. The van der Waals surface area contributed by atoms with Gasteiger partial charge in [0.25, 0.3) is 0 Å². The van der Waals surface area contributed by atoms with Gasteiger partial charge in [0.2, 0.25) is 0 Å². The zero-order chi connectivity index (χ0) is 16.8. The lowest BCUT2D eigenvalue weighted by atomic mass is 10.2. The van der Waals surface area contributed by atoms with Crippen LogP contribution in [-0.4, -0.2) is 16.6 Å². The van der Waals surface area contributed by atoms with Crippen molar-refractivity contribution in [3.05, 3.63) is 71.8 Å². The summed E-state index contributed by atoms with van der Waals surface area (Å²) in [4.78, 5) is 0. The van der Waals surface area contributed by atoms with Crippen LogP contribution < -0.4 is 0 Å². The van der Waals surface area contributed by atoms with Crippen LogP contribution in [0.5, 0.6) is 0 Å². The second kappa shape index (κ2) is 8.09. The van der Waals surface area contributed by atoms with Gasteiger partial charge in [0.15, 0.2) is 16.6 Å². The Kier molecular flexibility index (Phi) is 6.39. The molecule has 0 bridgehead atoms. The summed E-state index contributed by atoms with van der Waals surface area (Å²) in [5.74, 6) is 0. The fraction of sp³-hybridized carbons (Fsp3) is 0.400. The number of aryl methyl sites for hydroxylation is 2. The monoisotopic (exact) mass is 342 g/mol. The standard InChI is InChI=1S/C20H30OSi2/c1-22(2,17-15-19-11-7-5-8-12-19)21-23(3,4)18-16-20-13-9-6-10-14-20/h5-14H,15-18H2,1-4H3. The maximum absolute atomic E-state index is 6.75. The van der Waals surface area contributed by atoms with E-state index in [1.807, 2.05) is 0 Å². The Bertz CT molecular complexity index is 526. The Hall–Kier alpha value is -1.17. The van der Waals surface area contributed by atoms with Gasteiger partial charge in [-0.1, -0.05) is 60.7 Å². The highest BCUT2D eigenvalue weighted by atomic mass is 28.4. The summed E-state index contributed by atoms with van der Waals surface area (Å²) >= 11 is 0. The lowest BCUT2D eigenvalue weighted by Crippen LogP contribution is -2.44. The third-order valence-electron chi connectivity index (χ3n) is 4.27. The molecule has 0 saturated carbocycles. The fourth-order valence-electron chi connectivity index (χ4n) is 3.03. The maximum atomic E-state index is 6.75.